The van der Waals surface area contributed by atoms with Gasteiger partial charge >= 0.3 is 6.09 Å². The Morgan fingerprint density at radius 3 is 1.92 bits per heavy atom. The van der Waals surface area contributed by atoms with Crippen molar-refractivity contribution in [2.45, 2.75) is 103 Å². The molecule has 1 amide bonds. The number of piperidine rings is 1. The minimum Gasteiger partial charge on any atom is -0.465 e. The Hall–Kier alpha value is -1.07. The van der Waals surface area contributed by atoms with Crippen molar-refractivity contribution in [1.82, 2.24) is 15.5 Å². The van der Waals surface area contributed by atoms with Crippen LogP contribution in [-0.2, 0) is 0 Å². The van der Waals surface area contributed by atoms with Crippen LogP contribution < -0.4 is 10.6 Å². The third-order valence-electron chi connectivity index (χ3n) is 4.86. The average molecular weight is 338 g/mol. The van der Waals surface area contributed by atoms with Crippen molar-refractivity contribution in [3.63, 3.8) is 0 Å². The van der Waals surface area contributed by atoms with E-state index >= 15 is 0 Å². The van der Waals surface area contributed by atoms with Gasteiger partial charge in [0.2, 0.25) is 0 Å². The summed E-state index contributed by atoms with van der Waals surface area (Å²) >= 11 is 0. The molecule has 0 atom stereocenters. The third-order valence-corrected chi connectivity index (χ3v) is 4.86. The van der Waals surface area contributed by atoms with E-state index in [1.54, 1.807) is 4.90 Å². The van der Waals surface area contributed by atoms with Gasteiger partial charge in [-0.2, -0.15) is 0 Å². The van der Waals surface area contributed by atoms with E-state index in [0.717, 1.165) is 18.5 Å². The maximum absolute atomic E-state index is 12.2. The normalized spacial score (nSPS) is 28.1. The van der Waals surface area contributed by atoms with Gasteiger partial charge < -0.3 is 15.7 Å². The predicted molar refractivity (Wildman–Crippen MR) is 98.2 cm³/mol. The van der Waals surface area contributed by atoms with Gasteiger partial charge in [0.25, 0.3) is 0 Å². The first kappa shape index (κ1) is 19.3. The monoisotopic (exact) mass is 337 g/mol. The maximum atomic E-state index is 12.2. The molecule has 2 aliphatic rings. The Bertz CT molecular complexity index is 531. The molecule has 5 heteroatoms. The van der Waals surface area contributed by atoms with Crippen LogP contribution in [0.1, 0.15) is 74.7 Å². The smallest absolute Gasteiger partial charge is 0.411 e. The van der Waals surface area contributed by atoms with Gasteiger partial charge in [-0.15, -0.1) is 0 Å². The molecular formula is C19H35N3O2. The Balaban J connectivity index is 2.40. The molecule has 2 heterocycles. The molecule has 0 spiro atoms. The van der Waals surface area contributed by atoms with Crippen molar-refractivity contribution in [2.24, 2.45) is 0 Å². The van der Waals surface area contributed by atoms with Crippen LogP contribution in [0.15, 0.2) is 11.8 Å². The molecule has 0 radical (unpaired) electrons. The molecule has 3 N–H and O–H groups in total. The molecule has 138 valence electrons. The van der Waals surface area contributed by atoms with E-state index in [0.29, 0.717) is 6.42 Å². The highest BCUT2D eigenvalue weighted by Crippen LogP contribution is 2.37. The van der Waals surface area contributed by atoms with Gasteiger partial charge in [-0.05, 0) is 74.3 Å². The lowest BCUT2D eigenvalue weighted by Gasteiger charge is -2.51. The molecule has 0 aromatic carbocycles. The first-order valence-electron chi connectivity index (χ1n) is 8.94. The highest BCUT2D eigenvalue weighted by Gasteiger charge is 2.44. The van der Waals surface area contributed by atoms with Crippen LogP contribution in [-0.4, -0.2) is 44.3 Å². The lowest BCUT2D eigenvalue weighted by atomic mass is 9.78. The topological polar surface area (TPSA) is 64.6 Å². The number of nitrogens with zero attached hydrogens (tertiary/aromatic N) is 1. The second kappa shape index (κ2) is 5.73. The van der Waals surface area contributed by atoms with E-state index in [4.69, 9.17) is 0 Å². The van der Waals surface area contributed by atoms with Crippen LogP contribution in [0.3, 0.4) is 0 Å². The van der Waals surface area contributed by atoms with E-state index in [2.05, 4.69) is 72.1 Å². The predicted octanol–water partition coefficient (Wildman–Crippen LogP) is 3.71. The Morgan fingerprint density at radius 1 is 1.00 bits per heavy atom. The van der Waals surface area contributed by atoms with Crippen LogP contribution in [0.5, 0.6) is 0 Å². The Kier molecular flexibility index (Phi) is 4.60. The SMILES string of the molecule is CC1(C)C=C(N(C(=O)O)C2CC(C)(C)NC(C)(C)C2)CC(C)(C)N1. The summed E-state index contributed by atoms with van der Waals surface area (Å²) in [6, 6.07) is -0.00954. The molecular weight excluding hydrogens is 302 g/mol. The third kappa shape index (κ3) is 4.51. The fourth-order valence-corrected chi connectivity index (χ4v) is 4.99. The van der Waals surface area contributed by atoms with E-state index < -0.39 is 6.09 Å². The summed E-state index contributed by atoms with van der Waals surface area (Å²) in [5.41, 5.74) is 0.411. The standard InChI is InChI=1S/C19H35N3O2/c1-16(2)9-13(10-17(3,4)20-16)22(15(23)24)14-11-18(5,6)21-19(7,8)12-14/h9,14,20-21H,10-12H2,1-8H3,(H,23,24). The number of nitrogens with one attached hydrogen (secondary N) is 2. The molecule has 0 unspecified atom stereocenters. The lowest BCUT2D eigenvalue weighted by molar-refractivity contribution is 0.0721. The molecule has 0 aliphatic carbocycles. The molecule has 1 saturated heterocycles. The highest BCUT2D eigenvalue weighted by molar-refractivity contribution is 5.68. The quantitative estimate of drug-likeness (QED) is 0.719. The summed E-state index contributed by atoms with van der Waals surface area (Å²) in [6.07, 6.45) is 3.60. The molecule has 0 aromatic rings. The minimum atomic E-state index is -0.840. The molecule has 2 aliphatic heterocycles. The molecule has 2 rings (SSSR count). The zero-order valence-corrected chi connectivity index (χ0v) is 16.6. The van der Waals surface area contributed by atoms with E-state index in [1.165, 1.54) is 0 Å². The van der Waals surface area contributed by atoms with E-state index in [1.807, 2.05) is 0 Å². The van der Waals surface area contributed by atoms with Crippen LogP contribution in [0.4, 0.5) is 4.79 Å². The average Bonchev–Trinajstić information content (AvgIpc) is 2.17. The van der Waals surface area contributed by atoms with Crippen LogP contribution in [0, 0.1) is 0 Å². The number of rotatable bonds is 2. The Labute approximate surface area is 146 Å². The van der Waals surface area contributed by atoms with Gasteiger partial charge in [0.1, 0.15) is 0 Å². The number of carbonyl (C=O) groups is 1. The minimum absolute atomic E-state index is 0.00954. The fourth-order valence-electron chi connectivity index (χ4n) is 4.99. The van der Waals surface area contributed by atoms with Crippen LogP contribution in [0.25, 0.3) is 0 Å². The van der Waals surface area contributed by atoms with Gasteiger partial charge in [0, 0.05) is 40.3 Å². The summed E-state index contributed by atoms with van der Waals surface area (Å²) in [6.45, 7) is 17.1. The second-order valence-corrected chi connectivity index (χ2v) is 10.2. The van der Waals surface area contributed by atoms with Crippen molar-refractivity contribution >= 4 is 6.09 Å². The summed E-state index contributed by atoms with van der Waals surface area (Å²) in [5.74, 6) is 0. The number of carboxylic acid groups (broad SMARTS) is 1. The molecule has 5 nitrogen and oxygen atoms in total. The van der Waals surface area contributed by atoms with Gasteiger partial charge in [0.05, 0.1) is 0 Å². The number of hydrogen-bond acceptors (Lipinski definition) is 3. The van der Waals surface area contributed by atoms with Crippen molar-refractivity contribution < 1.29 is 9.90 Å². The molecule has 24 heavy (non-hydrogen) atoms. The number of amides is 1. The largest absolute Gasteiger partial charge is 0.465 e. The highest BCUT2D eigenvalue weighted by atomic mass is 16.4. The molecule has 0 bridgehead atoms. The number of hydrogen-bond donors (Lipinski definition) is 3. The van der Waals surface area contributed by atoms with Crippen molar-refractivity contribution in [3.05, 3.63) is 11.8 Å². The van der Waals surface area contributed by atoms with Crippen LogP contribution >= 0.6 is 0 Å². The van der Waals surface area contributed by atoms with Gasteiger partial charge in [0.15, 0.2) is 0 Å². The molecule has 0 aromatic heterocycles. The summed E-state index contributed by atoms with van der Waals surface area (Å²) < 4.78 is 0. The zero-order valence-electron chi connectivity index (χ0n) is 16.6. The first-order chi connectivity index (χ1) is 10.6. The lowest BCUT2D eigenvalue weighted by Crippen LogP contribution is -2.63. The van der Waals surface area contributed by atoms with Crippen LogP contribution in [0.2, 0.25) is 0 Å². The maximum Gasteiger partial charge on any atom is 0.411 e. The summed E-state index contributed by atoms with van der Waals surface area (Å²) in [4.78, 5) is 13.8. The Morgan fingerprint density at radius 2 is 1.50 bits per heavy atom. The van der Waals surface area contributed by atoms with Gasteiger partial charge in [-0.1, -0.05) is 0 Å². The van der Waals surface area contributed by atoms with Gasteiger partial charge in [-0.25, -0.2) is 4.79 Å². The first-order valence-corrected chi connectivity index (χ1v) is 8.94. The van der Waals surface area contributed by atoms with Crippen molar-refractivity contribution in [3.8, 4) is 0 Å². The second-order valence-electron chi connectivity index (χ2n) is 10.2. The van der Waals surface area contributed by atoms with Crippen molar-refractivity contribution in [1.29, 1.82) is 0 Å². The van der Waals surface area contributed by atoms with E-state index in [9.17, 15) is 9.90 Å². The summed E-state index contributed by atoms with van der Waals surface area (Å²) in [7, 11) is 0. The van der Waals surface area contributed by atoms with E-state index in [-0.39, 0.29) is 28.2 Å². The molecule has 1 fully saturated rings. The molecule has 0 saturated carbocycles. The van der Waals surface area contributed by atoms with Crippen molar-refractivity contribution in [2.75, 3.05) is 0 Å². The fraction of sp³-hybridized carbons (Fsp3) is 0.842. The zero-order chi connectivity index (χ0) is 18.6. The van der Waals surface area contributed by atoms with Gasteiger partial charge in [-0.3, -0.25) is 4.90 Å². The summed E-state index contributed by atoms with van der Waals surface area (Å²) in [5, 5.41) is 17.2.